The summed E-state index contributed by atoms with van der Waals surface area (Å²) in [5.74, 6) is 2.22. The zero-order valence-corrected chi connectivity index (χ0v) is 12.9. The monoisotopic (exact) mass is 306 g/mol. The summed E-state index contributed by atoms with van der Waals surface area (Å²) in [7, 11) is 1.64. The van der Waals surface area contributed by atoms with E-state index in [9.17, 15) is 0 Å². The van der Waals surface area contributed by atoms with Crippen molar-refractivity contribution < 1.29 is 4.74 Å². The molecule has 0 atom stereocenters. The zero-order chi connectivity index (χ0) is 15.9. The maximum absolute atomic E-state index is 5.20. The summed E-state index contributed by atoms with van der Waals surface area (Å²) in [6.45, 7) is 0.720. The van der Waals surface area contributed by atoms with Gasteiger partial charge in [-0.15, -0.1) is 10.2 Å². The van der Waals surface area contributed by atoms with Crippen LogP contribution in [0.2, 0.25) is 0 Å². The van der Waals surface area contributed by atoms with E-state index < -0.39 is 0 Å². The zero-order valence-electron chi connectivity index (χ0n) is 12.9. The lowest BCUT2D eigenvalue weighted by atomic mass is 10.2. The molecule has 1 aromatic heterocycles. The van der Waals surface area contributed by atoms with Crippen LogP contribution in [0.15, 0.2) is 66.7 Å². The molecule has 2 N–H and O–H groups in total. The molecule has 0 aliphatic heterocycles. The van der Waals surface area contributed by atoms with Crippen LogP contribution in [-0.2, 0) is 6.54 Å². The van der Waals surface area contributed by atoms with Crippen LogP contribution < -0.4 is 15.4 Å². The van der Waals surface area contributed by atoms with E-state index in [1.54, 1.807) is 7.11 Å². The van der Waals surface area contributed by atoms with E-state index in [-0.39, 0.29) is 0 Å². The molecule has 0 bridgehead atoms. The van der Waals surface area contributed by atoms with Crippen molar-refractivity contribution in [2.75, 3.05) is 17.7 Å². The summed E-state index contributed by atoms with van der Waals surface area (Å²) in [5.41, 5.74) is 2.11. The van der Waals surface area contributed by atoms with Gasteiger partial charge in [0.15, 0.2) is 5.82 Å². The quantitative estimate of drug-likeness (QED) is 0.724. The first-order valence-corrected chi connectivity index (χ1v) is 7.36. The Balaban J connectivity index is 1.60. The van der Waals surface area contributed by atoms with E-state index in [4.69, 9.17) is 4.74 Å². The Hall–Kier alpha value is -3.08. The Bertz CT molecular complexity index is 744. The molecular formula is C18H18N4O. The molecule has 0 amide bonds. The fourth-order valence-corrected chi connectivity index (χ4v) is 2.13. The molecule has 3 aromatic rings. The Kier molecular flexibility index (Phi) is 4.69. The van der Waals surface area contributed by atoms with Crippen molar-refractivity contribution in [3.05, 3.63) is 72.3 Å². The van der Waals surface area contributed by atoms with Crippen LogP contribution in [0.5, 0.6) is 5.75 Å². The first-order chi connectivity index (χ1) is 11.3. The summed E-state index contributed by atoms with van der Waals surface area (Å²) < 4.78 is 5.20. The van der Waals surface area contributed by atoms with Crippen LogP contribution in [0, 0.1) is 0 Å². The van der Waals surface area contributed by atoms with Crippen molar-refractivity contribution in [3.8, 4) is 5.75 Å². The number of methoxy groups -OCH3 is 1. The summed E-state index contributed by atoms with van der Waals surface area (Å²) in [5, 5.41) is 14.8. The minimum absolute atomic E-state index is 0.684. The Morgan fingerprint density at radius 1 is 0.870 bits per heavy atom. The van der Waals surface area contributed by atoms with Crippen molar-refractivity contribution in [2.24, 2.45) is 0 Å². The lowest BCUT2D eigenvalue weighted by molar-refractivity contribution is 0.415. The molecule has 0 saturated heterocycles. The number of anilines is 3. The van der Waals surface area contributed by atoms with Crippen LogP contribution in [-0.4, -0.2) is 17.3 Å². The normalized spacial score (nSPS) is 10.1. The number of hydrogen-bond acceptors (Lipinski definition) is 5. The van der Waals surface area contributed by atoms with Crippen molar-refractivity contribution in [1.29, 1.82) is 0 Å². The fourth-order valence-electron chi connectivity index (χ4n) is 2.13. The molecule has 2 aromatic carbocycles. The number of ether oxygens (including phenoxy) is 1. The highest BCUT2D eigenvalue weighted by Crippen LogP contribution is 2.20. The van der Waals surface area contributed by atoms with Gasteiger partial charge in [-0.3, -0.25) is 0 Å². The number of nitrogens with one attached hydrogen (secondary N) is 2. The third-order valence-electron chi connectivity index (χ3n) is 3.32. The van der Waals surface area contributed by atoms with Gasteiger partial charge in [-0.2, -0.15) is 0 Å². The summed E-state index contributed by atoms with van der Waals surface area (Å²) in [6.07, 6.45) is 0. The summed E-state index contributed by atoms with van der Waals surface area (Å²) >= 11 is 0. The first-order valence-electron chi connectivity index (χ1n) is 7.36. The Morgan fingerprint density at radius 3 is 2.39 bits per heavy atom. The highest BCUT2D eigenvalue weighted by atomic mass is 16.5. The van der Waals surface area contributed by atoms with Crippen LogP contribution in [0.25, 0.3) is 0 Å². The van der Waals surface area contributed by atoms with Crippen molar-refractivity contribution in [3.63, 3.8) is 0 Å². The second-order valence-corrected chi connectivity index (χ2v) is 5.00. The maximum Gasteiger partial charge on any atom is 0.153 e. The number of benzene rings is 2. The topological polar surface area (TPSA) is 59.1 Å². The summed E-state index contributed by atoms with van der Waals surface area (Å²) in [4.78, 5) is 0. The molecule has 3 rings (SSSR count). The van der Waals surface area contributed by atoms with Crippen molar-refractivity contribution in [1.82, 2.24) is 10.2 Å². The summed E-state index contributed by atoms with van der Waals surface area (Å²) in [6, 6.07) is 21.6. The van der Waals surface area contributed by atoms with Gasteiger partial charge >= 0.3 is 0 Å². The fraction of sp³-hybridized carbons (Fsp3) is 0.111. The molecule has 0 fully saturated rings. The van der Waals surface area contributed by atoms with Gasteiger partial charge in [0.2, 0.25) is 0 Å². The van der Waals surface area contributed by atoms with Crippen LogP contribution in [0.3, 0.4) is 0 Å². The smallest absolute Gasteiger partial charge is 0.153 e. The lowest BCUT2D eigenvalue weighted by Gasteiger charge is -2.08. The second kappa shape index (κ2) is 7.26. The number of hydrogen-bond donors (Lipinski definition) is 2. The van der Waals surface area contributed by atoms with Crippen LogP contribution in [0.1, 0.15) is 5.56 Å². The largest absolute Gasteiger partial charge is 0.497 e. The number of aromatic nitrogens is 2. The molecule has 0 spiro atoms. The maximum atomic E-state index is 5.20. The lowest BCUT2D eigenvalue weighted by Crippen LogP contribution is -2.03. The minimum atomic E-state index is 0.684. The minimum Gasteiger partial charge on any atom is -0.497 e. The van der Waals surface area contributed by atoms with Gasteiger partial charge in [0.05, 0.1) is 7.11 Å². The molecule has 0 aliphatic carbocycles. The van der Waals surface area contributed by atoms with E-state index in [1.165, 1.54) is 5.56 Å². The van der Waals surface area contributed by atoms with Crippen LogP contribution >= 0.6 is 0 Å². The molecule has 0 saturated carbocycles. The predicted octanol–water partition coefficient (Wildman–Crippen LogP) is 3.84. The van der Waals surface area contributed by atoms with Gasteiger partial charge in [0.25, 0.3) is 0 Å². The SMILES string of the molecule is COc1cccc(Nc2ccc(NCc3ccccc3)nn2)c1. The molecule has 23 heavy (non-hydrogen) atoms. The van der Waals surface area contributed by atoms with E-state index in [0.717, 1.165) is 23.8 Å². The van der Waals surface area contributed by atoms with Gasteiger partial charge in [0, 0.05) is 18.3 Å². The van der Waals surface area contributed by atoms with Gasteiger partial charge in [0.1, 0.15) is 11.6 Å². The molecule has 116 valence electrons. The Morgan fingerprint density at radius 2 is 1.65 bits per heavy atom. The third kappa shape index (κ3) is 4.20. The number of rotatable bonds is 6. The van der Waals surface area contributed by atoms with Crippen molar-refractivity contribution in [2.45, 2.75) is 6.54 Å². The molecular weight excluding hydrogens is 288 g/mol. The first kappa shape index (κ1) is 14.8. The molecule has 5 nitrogen and oxygen atoms in total. The predicted molar refractivity (Wildman–Crippen MR) is 92.1 cm³/mol. The Labute approximate surface area is 135 Å². The average molecular weight is 306 g/mol. The van der Waals surface area contributed by atoms with E-state index in [1.807, 2.05) is 54.6 Å². The number of nitrogens with zero attached hydrogens (tertiary/aromatic N) is 2. The highest BCUT2D eigenvalue weighted by Gasteiger charge is 2.00. The molecule has 0 radical (unpaired) electrons. The second-order valence-electron chi connectivity index (χ2n) is 5.00. The molecule has 0 unspecified atom stereocenters. The van der Waals surface area contributed by atoms with E-state index in [2.05, 4.69) is 33.0 Å². The van der Waals surface area contributed by atoms with Gasteiger partial charge in [-0.1, -0.05) is 36.4 Å². The third-order valence-corrected chi connectivity index (χ3v) is 3.32. The van der Waals surface area contributed by atoms with E-state index >= 15 is 0 Å². The van der Waals surface area contributed by atoms with Gasteiger partial charge < -0.3 is 15.4 Å². The molecule has 5 heteroatoms. The molecule has 1 heterocycles. The average Bonchev–Trinajstić information content (AvgIpc) is 2.62. The van der Waals surface area contributed by atoms with Crippen LogP contribution in [0.4, 0.5) is 17.3 Å². The highest BCUT2D eigenvalue weighted by molar-refractivity contribution is 5.58. The van der Waals surface area contributed by atoms with E-state index in [0.29, 0.717) is 5.82 Å². The standard InChI is InChI=1S/C18H18N4O/c1-23-16-9-5-8-15(12-16)20-18-11-10-17(21-22-18)19-13-14-6-3-2-4-7-14/h2-12H,13H2,1H3,(H,19,21)(H,20,22). The van der Waals surface area contributed by atoms with Crippen molar-refractivity contribution >= 4 is 17.3 Å². The van der Waals surface area contributed by atoms with Gasteiger partial charge in [-0.25, -0.2) is 0 Å². The van der Waals surface area contributed by atoms with Gasteiger partial charge in [-0.05, 0) is 29.8 Å². The molecule has 0 aliphatic rings.